The Bertz CT molecular complexity index is 1630. The summed E-state index contributed by atoms with van der Waals surface area (Å²) < 4.78 is 0. The molecule has 4 aromatic rings. The zero-order valence-electron chi connectivity index (χ0n) is 24.6. The number of H-pyrrole nitrogens is 1. The molecule has 5 rings (SSSR count). The van der Waals surface area contributed by atoms with Gasteiger partial charge in [0.05, 0.1) is 23.8 Å². The van der Waals surface area contributed by atoms with Gasteiger partial charge < -0.3 is 31.5 Å². The first-order chi connectivity index (χ1) is 20.5. The predicted molar refractivity (Wildman–Crippen MR) is 167 cm³/mol. The van der Waals surface area contributed by atoms with Crippen molar-refractivity contribution >= 4 is 35.0 Å². The first kappa shape index (κ1) is 29.3. The molecular formula is C32H36N8O3. The zero-order valence-corrected chi connectivity index (χ0v) is 24.6. The van der Waals surface area contributed by atoms with Crippen molar-refractivity contribution < 1.29 is 14.4 Å². The summed E-state index contributed by atoms with van der Waals surface area (Å²) in [5.74, 6) is -0.357. The van der Waals surface area contributed by atoms with E-state index in [0.717, 1.165) is 16.8 Å². The normalized spacial score (nSPS) is 14.2. The van der Waals surface area contributed by atoms with Gasteiger partial charge in [0.2, 0.25) is 0 Å². The number of carbonyl (C=O) groups excluding carboxylic acids is 3. The summed E-state index contributed by atoms with van der Waals surface area (Å²) in [6.45, 7) is 4.79. The minimum absolute atomic E-state index is 0.205. The quantitative estimate of drug-likeness (QED) is 0.193. The molecule has 1 aliphatic rings. The van der Waals surface area contributed by atoms with Gasteiger partial charge in [-0.3, -0.25) is 14.7 Å². The maximum atomic E-state index is 13.6. The van der Waals surface area contributed by atoms with Crippen LogP contribution in [0.5, 0.6) is 0 Å². The van der Waals surface area contributed by atoms with Crippen LogP contribution in [0.2, 0.25) is 0 Å². The molecule has 4 amide bonds. The van der Waals surface area contributed by atoms with Crippen LogP contribution in [-0.2, 0) is 12.1 Å². The van der Waals surface area contributed by atoms with Crippen LogP contribution < -0.4 is 21.7 Å². The monoisotopic (exact) mass is 580 g/mol. The summed E-state index contributed by atoms with van der Waals surface area (Å²) in [7, 11) is 3.94. The molecule has 0 aliphatic carbocycles. The summed E-state index contributed by atoms with van der Waals surface area (Å²) in [6, 6.07) is 22.7. The third-order valence-corrected chi connectivity index (χ3v) is 7.55. The Labute approximate surface area is 250 Å². The minimum atomic E-state index is -0.693. The van der Waals surface area contributed by atoms with Crippen molar-refractivity contribution in [3.63, 3.8) is 0 Å². The Morgan fingerprint density at radius 1 is 0.953 bits per heavy atom. The number of fused-ring (bicyclic) bond motifs is 1. The lowest BCUT2D eigenvalue weighted by Gasteiger charge is -2.34. The van der Waals surface area contributed by atoms with Gasteiger partial charge in [-0.2, -0.15) is 5.10 Å². The highest BCUT2D eigenvalue weighted by Gasteiger charge is 2.44. The number of likely N-dealkylation sites (N-methyl/N-ethyl adjacent to an activating group) is 1. The van der Waals surface area contributed by atoms with Gasteiger partial charge in [-0.25, -0.2) is 4.79 Å². The number of nitrogens with two attached hydrogens (primary N) is 1. The molecule has 0 fully saturated rings. The van der Waals surface area contributed by atoms with E-state index in [-0.39, 0.29) is 24.5 Å². The Hall–Kier alpha value is -5.16. The van der Waals surface area contributed by atoms with E-state index < -0.39 is 11.4 Å². The molecule has 0 spiro atoms. The van der Waals surface area contributed by atoms with Crippen molar-refractivity contribution in [2.45, 2.75) is 32.0 Å². The van der Waals surface area contributed by atoms with Crippen LogP contribution in [0.25, 0.3) is 0 Å². The van der Waals surface area contributed by atoms with E-state index in [4.69, 9.17) is 5.73 Å². The minimum Gasteiger partial charge on any atom is -0.399 e. The number of hydrogen-bond donors (Lipinski definition) is 5. The van der Waals surface area contributed by atoms with Crippen molar-refractivity contribution in [3.8, 4) is 0 Å². The van der Waals surface area contributed by atoms with Crippen LogP contribution in [0.15, 0.2) is 78.9 Å². The number of hydrogen-bond acceptors (Lipinski definition) is 6. The summed E-state index contributed by atoms with van der Waals surface area (Å²) in [5, 5.41) is 16.3. The fourth-order valence-corrected chi connectivity index (χ4v) is 5.21. The summed E-state index contributed by atoms with van der Waals surface area (Å²) in [5.41, 5.74) is 9.35. The maximum Gasteiger partial charge on any atom is 0.319 e. The molecule has 3 aromatic carbocycles. The van der Waals surface area contributed by atoms with E-state index in [1.54, 1.807) is 53.4 Å². The Morgan fingerprint density at radius 3 is 2.35 bits per heavy atom. The number of nitrogens with one attached hydrogen (secondary N) is 4. The molecular weight excluding hydrogens is 544 g/mol. The van der Waals surface area contributed by atoms with E-state index >= 15 is 0 Å². The molecule has 0 saturated heterocycles. The van der Waals surface area contributed by atoms with Crippen molar-refractivity contribution in [3.05, 3.63) is 107 Å². The first-order valence-corrected chi connectivity index (χ1v) is 14.0. The number of nitrogens with zero attached hydrogens (tertiary/aromatic N) is 3. The van der Waals surface area contributed by atoms with Crippen LogP contribution in [-0.4, -0.2) is 58.5 Å². The van der Waals surface area contributed by atoms with Gasteiger partial charge in [-0.05, 0) is 76.0 Å². The second kappa shape index (κ2) is 12.0. The number of amides is 4. The lowest BCUT2D eigenvalue weighted by atomic mass is 10.0. The van der Waals surface area contributed by atoms with Crippen LogP contribution in [0.3, 0.4) is 0 Å². The lowest BCUT2D eigenvalue weighted by Crippen LogP contribution is -2.48. The smallest absolute Gasteiger partial charge is 0.319 e. The number of aromatic amines is 1. The van der Waals surface area contributed by atoms with Crippen molar-refractivity contribution in [1.29, 1.82) is 0 Å². The Kier molecular flexibility index (Phi) is 8.18. The van der Waals surface area contributed by atoms with Crippen LogP contribution in [0.1, 0.15) is 57.4 Å². The molecule has 1 atom stereocenters. The summed E-state index contributed by atoms with van der Waals surface area (Å²) in [6.07, 6.45) is 0. The Balaban J connectivity index is 1.28. The number of benzene rings is 3. The fraction of sp³-hybridized carbons (Fsp3) is 0.250. The lowest BCUT2D eigenvalue weighted by molar-refractivity contribution is 0.101. The van der Waals surface area contributed by atoms with Gasteiger partial charge >= 0.3 is 6.03 Å². The van der Waals surface area contributed by atoms with Crippen LogP contribution >= 0.6 is 0 Å². The molecule has 11 heteroatoms. The zero-order chi connectivity index (χ0) is 30.7. The molecule has 1 aliphatic heterocycles. The maximum absolute atomic E-state index is 13.6. The molecule has 222 valence electrons. The first-order valence-electron chi connectivity index (χ1n) is 14.0. The molecule has 0 bridgehead atoms. The molecule has 6 N–H and O–H groups in total. The second-order valence-corrected chi connectivity index (χ2v) is 11.4. The molecule has 0 saturated carbocycles. The van der Waals surface area contributed by atoms with Crippen molar-refractivity contribution in [2.75, 3.05) is 37.0 Å². The predicted octanol–water partition coefficient (Wildman–Crippen LogP) is 4.56. The molecule has 11 nitrogen and oxygen atoms in total. The number of aromatic nitrogens is 2. The molecule has 1 aromatic heterocycles. The van der Waals surface area contributed by atoms with Gasteiger partial charge in [0, 0.05) is 34.6 Å². The highest BCUT2D eigenvalue weighted by molar-refractivity contribution is 6.07. The van der Waals surface area contributed by atoms with Crippen LogP contribution in [0, 0.1) is 0 Å². The van der Waals surface area contributed by atoms with Gasteiger partial charge in [0.1, 0.15) is 0 Å². The summed E-state index contributed by atoms with van der Waals surface area (Å²) >= 11 is 0. The molecule has 0 unspecified atom stereocenters. The third-order valence-electron chi connectivity index (χ3n) is 7.55. The number of rotatable bonds is 8. The number of nitrogen functional groups attached to an aromatic ring is 1. The molecule has 0 radical (unpaired) electrons. The number of urea groups is 1. The van der Waals surface area contributed by atoms with Crippen LogP contribution in [0.4, 0.5) is 22.0 Å². The standard InChI is InChI=1S/C32H36N8O3/c1-32(2)27-25(18-40(32)31(43)35-26(19-39(3)4)20-9-6-5-7-10-20)28(38-37-27)36-30(42)22-11-8-12-24(17-22)34-29(41)21-13-15-23(33)16-14-21/h5-17,26H,18-19,33H2,1-4H3,(H,34,41)(H,35,43)(H2,36,37,38,42)/t26-/m1/s1. The summed E-state index contributed by atoms with van der Waals surface area (Å²) in [4.78, 5) is 43.3. The van der Waals surface area contributed by atoms with E-state index in [2.05, 4.69) is 26.1 Å². The topological polar surface area (TPSA) is 148 Å². The Morgan fingerprint density at radius 2 is 1.65 bits per heavy atom. The van der Waals surface area contributed by atoms with Gasteiger partial charge in [-0.15, -0.1) is 0 Å². The molecule has 2 heterocycles. The van der Waals surface area contributed by atoms with E-state index in [1.165, 1.54) is 0 Å². The van der Waals surface area contributed by atoms with Crippen molar-refractivity contribution in [1.82, 2.24) is 25.3 Å². The third kappa shape index (κ3) is 6.36. The highest BCUT2D eigenvalue weighted by Crippen LogP contribution is 2.40. The SMILES string of the molecule is CN(C)C[C@@H](NC(=O)N1Cc2c(NC(=O)c3cccc(NC(=O)c4ccc(N)cc4)c3)n[nH]c2C1(C)C)c1ccccc1. The van der Waals surface area contributed by atoms with Gasteiger partial charge in [-0.1, -0.05) is 36.4 Å². The number of anilines is 3. The van der Waals surface area contributed by atoms with E-state index in [1.807, 2.05) is 63.2 Å². The van der Waals surface area contributed by atoms with Gasteiger partial charge in [0.25, 0.3) is 11.8 Å². The van der Waals surface area contributed by atoms with Crippen molar-refractivity contribution in [2.24, 2.45) is 0 Å². The number of carbonyl (C=O) groups is 3. The highest BCUT2D eigenvalue weighted by atomic mass is 16.2. The average molecular weight is 581 g/mol. The average Bonchev–Trinajstić information content (AvgIpc) is 3.50. The molecule has 43 heavy (non-hydrogen) atoms. The largest absolute Gasteiger partial charge is 0.399 e. The van der Waals surface area contributed by atoms with E-state index in [0.29, 0.717) is 34.9 Å². The van der Waals surface area contributed by atoms with Gasteiger partial charge in [0.15, 0.2) is 5.82 Å². The second-order valence-electron chi connectivity index (χ2n) is 11.4. The fourth-order valence-electron chi connectivity index (χ4n) is 5.21. The van der Waals surface area contributed by atoms with E-state index in [9.17, 15) is 14.4 Å².